The first-order valence-electron chi connectivity index (χ1n) is 6.76. The Bertz CT molecular complexity index is 546. The van der Waals surface area contributed by atoms with Crippen LogP contribution in [0.25, 0.3) is 0 Å². The lowest BCUT2D eigenvalue weighted by Crippen LogP contribution is -2.30. The van der Waals surface area contributed by atoms with Gasteiger partial charge in [-0.15, -0.1) is 0 Å². The van der Waals surface area contributed by atoms with E-state index in [-0.39, 0.29) is 17.2 Å². The summed E-state index contributed by atoms with van der Waals surface area (Å²) in [5, 5.41) is 10.8. The molecule has 0 spiro atoms. The maximum Gasteiger partial charge on any atom is 0.270 e. The van der Waals surface area contributed by atoms with Crippen LogP contribution in [-0.4, -0.2) is 42.5 Å². The molecule has 7 heteroatoms. The van der Waals surface area contributed by atoms with Crippen molar-refractivity contribution in [1.82, 2.24) is 4.90 Å². The molecule has 0 radical (unpaired) electrons. The third-order valence-electron chi connectivity index (χ3n) is 3.36. The van der Waals surface area contributed by atoms with Crippen molar-refractivity contribution in [2.45, 2.75) is 12.8 Å². The molecule has 1 fully saturated rings. The summed E-state index contributed by atoms with van der Waals surface area (Å²) in [5.41, 5.74) is 0.189. The smallest absolute Gasteiger partial charge is 0.270 e. The van der Waals surface area contributed by atoms with E-state index < -0.39 is 4.92 Å². The molecule has 0 atom stereocenters. The van der Waals surface area contributed by atoms with Gasteiger partial charge in [0.2, 0.25) is 0 Å². The molecule has 1 saturated carbocycles. The number of amides is 1. The van der Waals surface area contributed by atoms with Crippen molar-refractivity contribution in [2.24, 2.45) is 5.92 Å². The summed E-state index contributed by atoms with van der Waals surface area (Å²) in [7, 11) is 1.66. The molecule has 114 valence electrons. The normalized spacial score (nSPS) is 14.0. The monoisotopic (exact) mass is 356 g/mol. The van der Waals surface area contributed by atoms with Crippen LogP contribution < -0.4 is 0 Å². The second-order valence-corrected chi connectivity index (χ2v) is 6.02. The second-order valence-electron chi connectivity index (χ2n) is 5.17. The number of halogens is 1. The molecule has 2 rings (SSSR count). The van der Waals surface area contributed by atoms with Crippen LogP contribution in [0, 0.1) is 16.0 Å². The van der Waals surface area contributed by atoms with Crippen molar-refractivity contribution in [3.05, 3.63) is 38.3 Å². The number of hydrogen-bond acceptors (Lipinski definition) is 4. The summed E-state index contributed by atoms with van der Waals surface area (Å²) in [4.78, 5) is 24.1. The third-order valence-corrected chi connectivity index (χ3v) is 4.05. The average molecular weight is 357 g/mol. The maximum absolute atomic E-state index is 12.3. The Hall–Kier alpha value is -1.47. The summed E-state index contributed by atoms with van der Waals surface area (Å²) in [6.45, 7) is 1.69. The number of benzene rings is 1. The van der Waals surface area contributed by atoms with Crippen molar-refractivity contribution >= 4 is 27.5 Å². The summed E-state index contributed by atoms with van der Waals surface area (Å²) in [6.07, 6.45) is 2.46. The van der Waals surface area contributed by atoms with Gasteiger partial charge >= 0.3 is 0 Å². The van der Waals surface area contributed by atoms with Gasteiger partial charge in [-0.25, -0.2) is 0 Å². The molecule has 1 aliphatic rings. The molecule has 1 aromatic carbocycles. The molecule has 21 heavy (non-hydrogen) atoms. The fourth-order valence-electron chi connectivity index (χ4n) is 1.83. The molecule has 0 N–H and O–H groups in total. The van der Waals surface area contributed by atoms with Gasteiger partial charge in [0.1, 0.15) is 0 Å². The zero-order valence-corrected chi connectivity index (χ0v) is 13.3. The van der Waals surface area contributed by atoms with Gasteiger partial charge in [0.05, 0.1) is 17.1 Å². The highest BCUT2D eigenvalue weighted by Crippen LogP contribution is 2.28. The standard InChI is InChI=1S/C14H17BrN2O4/c1-16(6-7-21-9-10-2-3-10)14(18)12-8-11(17(19)20)4-5-13(12)15/h4-5,8,10H,2-3,6-7,9H2,1H3. The number of nitro groups is 1. The van der Waals surface area contributed by atoms with E-state index in [2.05, 4.69) is 15.9 Å². The molecule has 1 aromatic rings. The number of nitrogens with zero attached hydrogens (tertiary/aromatic N) is 2. The Labute approximate surface area is 131 Å². The molecule has 0 aliphatic heterocycles. The highest BCUT2D eigenvalue weighted by atomic mass is 79.9. The van der Waals surface area contributed by atoms with Crippen LogP contribution >= 0.6 is 15.9 Å². The number of hydrogen-bond donors (Lipinski definition) is 0. The first-order valence-corrected chi connectivity index (χ1v) is 7.55. The van der Waals surface area contributed by atoms with Gasteiger partial charge in [-0.2, -0.15) is 0 Å². The number of ether oxygens (including phenoxy) is 1. The second kappa shape index (κ2) is 7.00. The maximum atomic E-state index is 12.3. The van der Waals surface area contributed by atoms with Gasteiger partial charge in [0.25, 0.3) is 11.6 Å². The van der Waals surface area contributed by atoms with Crippen molar-refractivity contribution < 1.29 is 14.5 Å². The van der Waals surface area contributed by atoms with E-state index in [1.54, 1.807) is 7.05 Å². The van der Waals surface area contributed by atoms with Crippen LogP contribution in [0.5, 0.6) is 0 Å². The van der Waals surface area contributed by atoms with Crippen LogP contribution in [0.3, 0.4) is 0 Å². The predicted octanol–water partition coefficient (Wildman–Crippen LogP) is 2.86. The minimum atomic E-state index is -0.512. The van der Waals surface area contributed by atoms with Crippen LogP contribution in [0.4, 0.5) is 5.69 Å². The number of nitro benzene ring substituents is 1. The van der Waals surface area contributed by atoms with Gasteiger partial charge < -0.3 is 9.64 Å². The molecular formula is C14H17BrN2O4. The van der Waals surface area contributed by atoms with Crippen LogP contribution in [0.1, 0.15) is 23.2 Å². The fourth-order valence-corrected chi connectivity index (χ4v) is 2.25. The lowest BCUT2D eigenvalue weighted by atomic mass is 10.2. The van der Waals surface area contributed by atoms with Crippen molar-refractivity contribution in [3.8, 4) is 0 Å². The Kier molecular flexibility index (Phi) is 5.30. The first-order chi connectivity index (χ1) is 9.99. The van der Waals surface area contributed by atoms with Gasteiger partial charge in [0.15, 0.2) is 0 Å². The van der Waals surface area contributed by atoms with Gasteiger partial charge in [-0.1, -0.05) is 0 Å². The van der Waals surface area contributed by atoms with Crippen molar-refractivity contribution in [3.63, 3.8) is 0 Å². The number of rotatable bonds is 7. The highest BCUT2D eigenvalue weighted by Gasteiger charge is 2.22. The Morgan fingerprint density at radius 2 is 2.24 bits per heavy atom. The van der Waals surface area contributed by atoms with E-state index in [1.807, 2.05) is 0 Å². The minimum Gasteiger partial charge on any atom is -0.379 e. The van der Waals surface area contributed by atoms with Crippen LogP contribution in [0.15, 0.2) is 22.7 Å². The van der Waals surface area contributed by atoms with E-state index >= 15 is 0 Å². The van der Waals surface area contributed by atoms with Gasteiger partial charge in [-0.05, 0) is 40.8 Å². The van der Waals surface area contributed by atoms with Crippen molar-refractivity contribution in [2.75, 3.05) is 26.8 Å². The van der Waals surface area contributed by atoms with E-state index in [0.717, 1.165) is 6.61 Å². The fraction of sp³-hybridized carbons (Fsp3) is 0.500. The lowest BCUT2D eigenvalue weighted by Gasteiger charge is -2.18. The summed E-state index contributed by atoms with van der Waals surface area (Å²) < 4.78 is 6.04. The Morgan fingerprint density at radius 1 is 1.52 bits per heavy atom. The molecule has 0 aromatic heterocycles. The van der Waals surface area contributed by atoms with Crippen LogP contribution in [-0.2, 0) is 4.74 Å². The largest absolute Gasteiger partial charge is 0.379 e. The SMILES string of the molecule is CN(CCOCC1CC1)C(=O)c1cc([N+](=O)[O-])ccc1Br. The van der Waals surface area contributed by atoms with Crippen LogP contribution in [0.2, 0.25) is 0 Å². The molecule has 1 amide bonds. The molecule has 0 saturated heterocycles. The minimum absolute atomic E-state index is 0.0973. The molecule has 0 unspecified atom stereocenters. The quantitative estimate of drug-likeness (QED) is 0.427. The summed E-state index contributed by atoms with van der Waals surface area (Å²) in [6, 6.07) is 4.16. The zero-order chi connectivity index (χ0) is 15.4. The highest BCUT2D eigenvalue weighted by molar-refractivity contribution is 9.10. The molecule has 6 nitrogen and oxygen atoms in total. The number of likely N-dealkylation sites (N-methyl/N-ethyl adjacent to an activating group) is 1. The molecule has 1 aliphatic carbocycles. The molecule has 0 bridgehead atoms. The van der Waals surface area contributed by atoms with E-state index in [4.69, 9.17) is 4.74 Å². The average Bonchev–Trinajstić information content (AvgIpc) is 3.27. The molecule has 0 heterocycles. The summed E-state index contributed by atoms with van der Waals surface area (Å²) in [5.74, 6) is 0.428. The number of carbonyl (C=O) groups is 1. The van der Waals surface area contributed by atoms with E-state index in [9.17, 15) is 14.9 Å². The predicted molar refractivity (Wildman–Crippen MR) is 81.3 cm³/mol. The van der Waals surface area contributed by atoms with Crippen molar-refractivity contribution in [1.29, 1.82) is 0 Å². The topological polar surface area (TPSA) is 72.7 Å². The van der Waals surface area contributed by atoms with Gasteiger partial charge in [0, 0.05) is 36.8 Å². The Balaban J connectivity index is 1.93. The summed E-state index contributed by atoms with van der Waals surface area (Å²) >= 11 is 3.26. The van der Waals surface area contributed by atoms with E-state index in [0.29, 0.717) is 23.5 Å². The molecular weight excluding hydrogens is 340 g/mol. The third kappa shape index (κ3) is 4.50. The zero-order valence-electron chi connectivity index (χ0n) is 11.8. The lowest BCUT2D eigenvalue weighted by molar-refractivity contribution is -0.384. The first kappa shape index (κ1) is 15.9. The number of non-ortho nitro benzene ring substituents is 1. The number of carbonyl (C=O) groups excluding carboxylic acids is 1. The Morgan fingerprint density at radius 3 is 2.86 bits per heavy atom. The van der Waals surface area contributed by atoms with Gasteiger partial charge in [-0.3, -0.25) is 14.9 Å². The van der Waals surface area contributed by atoms with E-state index in [1.165, 1.54) is 35.9 Å².